The maximum Gasteiger partial charge on any atom is 0.335 e. The predicted octanol–water partition coefficient (Wildman–Crippen LogP) is 2.39. The van der Waals surface area contributed by atoms with Crippen molar-refractivity contribution in [3.8, 4) is 0 Å². The van der Waals surface area contributed by atoms with Gasteiger partial charge in [-0.2, -0.15) is 0 Å². The summed E-state index contributed by atoms with van der Waals surface area (Å²) in [5.74, 6) is -0.749. The summed E-state index contributed by atoms with van der Waals surface area (Å²) in [6, 6.07) is 4.82. The van der Waals surface area contributed by atoms with E-state index in [0.29, 0.717) is 12.1 Å². The molecule has 1 aromatic carbocycles. The molecule has 0 amide bonds. The zero-order valence-electron chi connectivity index (χ0n) is 10.7. The first-order valence-electron chi connectivity index (χ1n) is 6.11. The van der Waals surface area contributed by atoms with Crippen LogP contribution in [0.1, 0.15) is 28.2 Å². The molecular formula is C13H12N4O2S. The molecule has 3 aromatic rings. The molecule has 1 atom stereocenters. The highest BCUT2D eigenvalue weighted by atomic mass is 32.1. The molecule has 2 aromatic heterocycles. The summed E-state index contributed by atoms with van der Waals surface area (Å²) in [7, 11) is 0. The average Bonchev–Trinajstić information content (AvgIpc) is 3.08. The first-order valence-corrected chi connectivity index (χ1v) is 6.99. The second kappa shape index (κ2) is 5.01. The minimum atomic E-state index is -0.951. The van der Waals surface area contributed by atoms with Gasteiger partial charge in [-0.25, -0.2) is 14.5 Å². The van der Waals surface area contributed by atoms with E-state index in [2.05, 4.69) is 22.2 Å². The highest BCUT2D eigenvalue weighted by molar-refractivity contribution is 7.09. The van der Waals surface area contributed by atoms with Gasteiger partial charge in [0.1, 0.15) is 5.52 Å². The van der Waals surface area contributed by atoms with E-state index >= 15 is 0 Å². The van der Waals surface area contributed by atoms with Crippen molar-refractivity contribution in [2.75, 3.05) is 0 Å². The number of hydrogen-bond donors (Lipinski definition) is 1. The Hall–Kier alpha value is -2.28. The molecule has 0 radical (unpaired) electrons. The van der Waals surface area contributed by atoms with Crippen molar-refractivity contribution in [1.82, 2.24) is 20.0 Å². The van der Waals surface area contributed by atoms with Gasteiger partial charge < -0.3 is 5.11 Å². The number of benzene rings is 1. The van der Waals surface area contributed by atoms with Gasteiger partial charge in [-0.05, 0) is 18.2 Å². The molecule has 0 aliphatic carbocycles. The number of carbonyl (C=O) groups is 1. The Kier molecular flexibility index (Phi) is 3.19. The lowest BCUT2D eigenvalue weighted by atomic mass is 10.1. The summed E-state index contributed by atoms with van der Waals surface area (Å²) < 4.78 is 1.73. The van der Waals surface area contributed by atoms with Gasteiger partial charge in [0.25, 0.3) is 0 Å². The molecule has 20 heavy (non-hydrogen) atoms. The minimum absolute atomic E-state index is 0.202. The third-order valence-corrected chi connectivity index (χ3v) is 4.09. The van der Waals surface area contributed by atoms with E-state index < -0.39 is 5.97 Å². The SMILES string of the molecule is CC(Cn1nnc2ccc(C(=O)O)cc21)c1nccs1. The normalized spacial score (nSPS) is 12.7. The van der Waals surface area contributed by atoms with Gasteiger partial charge in [-0.1, -0.05) is 12.1 Å². The summed E-state index contributed by atoms with van der Waals surface area (Å²) >= 11 is 1.60. The van der Waals surface area contributed by atoms with E-state index in [0.717, 1.165) is 10.5 Å². The van der Waals surface area contributed by atoms with E-state index in [4.69, 9.17) is 5.11 Å². The van der Waals surface area contributed by atoms with Gasteiger partial charge >= 0.3 is 5.97 Å². The Bertz CT molecular complexity index is 751. The van der Waals surface area contributed by atoms with Gasteiger partial charge in [-0.15, -0.1) is 16.4 Å². The van der Waals surface area contributed by atoms with Crippen molar-refractivity contribution in [2.45, 2.75) is 19.4 Å². The molecule has 1 N–H and O–H groups in total. The van der Waals surface area contributed by atoms with E-state index in [1.807, 2.05) is 5.38 Å². The summed E-state index contributed by atoms with van der Waals surface area (Å²) in [4.78, 5) is 15.3. The topological polar surface area (TPSA) is 80.9 Å². The number of nitrogens with zero attached hydrogens (tertiary/aromatic N) is 4. The number of fused-ring (bicyclic) bond motifs is 1. The zero-order valence-corrected chi connectivity index (χ0v) is 11.5. The van der Waals surface area contributed by atoms with Gasteiger partial charge in [0.2, 0.25) is 0 Å². The molecule has 0 saturated heterocycles. The number of carboxylic acids is 1. The molecule has 0 bridgehead atoms. The lowest BCUT2D eigenvalue weighted by Gasteiger charge is -2.08. The molecule has 0 aliphatic rings. The Morgan fingerprint density at radius 1 is 1.50 bits per heavy atom. The number of hydrogen-bond acceptors (Lipinski definition) is 5. The predicted molar refractivity (Wildman–Crippen MR) is 75.0 cm³/mol. The quantitative estimate of drug-likeness (QED) is 0.797. The minimum Gasteiger partial charge on any atom is -0.478 e. The number of aromatic nitrogens is 4. The lowest BCUT2D eigenvalue weighted by Crippen LogP contribution is -2.08. The summed E-state index contributed by atoms with van der Waals surface area (Å²) in [6.45, 7) is 2.68. The van der Waals surface area contributed by atoms with E-state index in [9.17, 15) is 4.79 Å². The van der Waals surface area contributed by atoms with Crippen molar-refractivity contribution in [3.63, 3.8) is 0 Å². The van der Waals surface area contributed by atoms with Crippen LogP contribution in [0.25, 0.3) is 11.0 Å². The Labute approximate surface area is 118 Å². The van der Waals surface area contributed by atoms with Crippen LogP contribution in [-0.2, 0) is 6.54 Å². The largest absolute Gasteiger partial charge is 0.478 e. The lowest BCUT2D eigenvalue weighted by molar-refractivity contribution is 0.0697. The molecule has 3 rings (SSSR count). The van der Waals surface area contributed by atoms with Crippen LogP contribution < -0.4 is 0 Å². The van der Waals surface area contributed by atoms with Crippen molar-refractivity contribution in [1.29, 1.82) is 0 Å². The highest BCUT2D eigenvalue weighted by Crippen LogP contribution is 2.21. The molecule has 1 unspecified atom stereocenters. The summed E-state index contributed by atoms with van der Waals surface area (Å²) in [5, 5.41) is 20.2. The van der Waals surface area contributed by atoms with Gasteiger partial charge in [-0.3, -0.25) is 0 Å². The van der Waals surface area contributed by atoms with E-state index in [1.165, 1.54) is 6.07 Å². The molecule has 2 heterocycles. The molecule has 102 valence electrons. The fourth-order valence-corrected chi connectivity index (χ4v) is 2.74. The molecule has 0 spiro atoms. The van der Waals surface area contributed by atoms with Crippen LogP contribution in [0.3, 0.4) is 0 Å². The molecule has 0 aliphatic heterocycles. The first-order chi connectivity index (χ1) is 9.65. The smallest absolute Gasteiger partial charge is 0.335 e. The summed E-state index contributed by atoms with van der Waals surface area (Å²) in [5.41, 5.74) is 1.66. The number of carboxylic acid groups (broad SMARTS) is 1. The van der Waals surface area contributed by atoms with Crippen molar-refractivity contribution in [2.24, 2.45) is 0 Å². The fourth-order valence-electron chi connectivity index (χ4n) is 2.05. The number of rotatable bonds is 4. The van der Waals surface area contributed by atoms with E-state index in [1.54, 1.807) is 34.3 Å². The van der Waals surface area contributed by atoms with Crippen LogP contribution in [0, 0.1) is 0 Å². The third-order valence-electron chi connectivity index (χ3n) is 3.08. The maximum absolute atomic E-state index is 11.0. The van der Waals surface area contributed by atoms with Crippen molar-refractivity contribution in [3.05, 3.63) is 40.3 Å². The second-order valence-corrected chi connectivity index (χ2v) is 5.48. The third kappa shape index (κ3) is 2.27. The Morgan fingerprint density at radius 3 is 3.05 bits per heavy atom. The number of aromatic carboxylic acids is 1. The molecule has 0 fully saturated rings. The van der Waals surface area contributed by atoms with E-state index in [-0.39, 0.29) is 11.5 Å². The zero-order chi connectivity index (χ0) is 14.1. The van der Waals surface area contributed by atoms with Crippen LogP contribution in [0.4, 0.5) is 0 Å². The van der Waals surface area contributed by atoms with Crippen LogP contribution in [-0.4, -0.2) is 31.1 Å². The molecule has 6 nitrogen and oxygen atoms in total. The monoisotopic (exact) mass is 288 g/mol. The standard InChI is InChI=1S/C13H12N4O2S/c1-8(12-14-4-5-20-12)7-17-11-6-9(13(18)19)2-3-10(11)15-16-17/h2-6,8H,7H2,1H3,(H,18,19). The van der Waals surface area contributed by atoms with Gasteiger partial charge in [0.05, 0.1) is 22.6 Å². The molecular weight excluding hydrogens is 276 g/mol. The first kappa shape index (κ1) is 12.7. The maximum atomic E-state index is 11.0. The highest BCUT2D eigenvalue weighted by Gasteiger charge is 2.14. The number of thiazole rings is 1. The van der Waals surface area contributed by atoms with Gasteiger partial charge in [0.15, 0.2) is 0 Å². The van der Waals surface area contributed by atoms with Crippen LogP contribution >= 0.6 is 11.3 Å². The van der Waals surface area contributed by atoms with Gasteiger partial charge in [0, 0.05) is 17.5 Å². The van der Waals surface area contributed by atoms with Crippen molar-refractivity contribution >= 4 is 28.3 Å². The average molecular weight is 288 g/mol. The van der Waals surface area contributed by atoms with Crippen LogP contribution in [0.15, 0.2) is 29.8 Å². The Balaban J connectivity index is 1.95. The fraction of sp³-hybridized carbons (Fsp3) is 0.231. The molecule has 7 heteroatoms. The van der Waals surface area contributed by atoms with Crippen LogP contribution in [0.2, 0.25) is 0 Å². The second-order valence-electron chi connectivity index (χ2n) is 4.55. The Morgan fingerprint density at radius 2 is 2.35 bits per heavy atom. The van der Waals surface area contributed by atoms with Crippen molar-refractivity contribution < 1.29 is 9.90 Å². The van der Waals surface area contributed by atoms with Crippen LogP contribution in [0.5, 0.6) is 0 Å². The summed E-state index contributed by atoms with van der Waals surface area (Å²) in [6.07, 6.45) is 1.78. The molecule has 0 saturated carbocycles.